The first kappa shape index (κ1) is 22.3. The number of H-pyrrole nitrogens is 1. The van der Waals surface area contributed by atoms with Gasteiger partial charge in [0.1, 0.15) is 5.82 Å². The van der Waals surface area contributed by atoms with Crippen LogP contribution in [0, 0.1) is 18.7 Å². The van der Waals surface area contributed by atoms with Gasteiger partial charge in [0.2, 0.25) is 0 Å². The van der Waals surface area contributed by atoms with Crippen LogP contribution in [0.3, 0.4) is 0 Å². The molecule has 1 aliphatic rings. The summed E-state index contributed by atoms with van der Waals surface area (Å²) >= 11 is 0. The van der Waals surface area contributed by atoms with E-state index in [2.05, 4.69) is 61.0 Å². The number of benzene rings is 2. The molecule has 0 saturated carbocycles. The van der Waals surface area contributed by atoms with Crippen LogP contribution >= 0.6 is 0 Å². The van der Waals surface area contributed by atoms with Crippen LogP contribution in [0.5, 0.6) is 0 Å². The number of carbonyl (C=O) groups is 1. The van der Waals surface area contributed by atoms with Crippen molar-refractivity contribution >= 4 is 5.91 Å². The number of hydrogen-bond acceptors (Lipinski definition) is 2. The van der Waals surface area contributed by atoms with E-state index in [1.165, 1.54) is 29.0 Å². The van der Waals surface area contributed by atoms with E-state index < -0.39 is 0 Å². The second-order valence-corrected chi connectivity index (χ2v) is 9.17. The average molecular weight is 434 g/mol. The number of aromatic nitrogens is 1. The number of rotatable bonds is 7. The van der Waals surface area contributed by atoms with Crippen molar-refractivity contribution in [2.24, 2.45) is 5.92 Å². The smallest absolute Gasteiger partial charge is 0.254 e. The Balaban J connectivity index is 1.58. The quantitative estimate of drug-likeness (QED) is 0.554. The second kappa shape index (κ2) is 9.70. The zero-order valence-electron chi connectivity index (χ0n) is 19.1. The van der Waals surface area contributed by atoms with E-state index in [0.29, 0.717) is 23.9 Å². The lowest BCUT2D eigenvalue weighted by Gasteiger charge is -2.32. The van der Waals surface area contributed by atoms with Crippen molar-refractivity contribution in [3.8, 4) is 0 Å². The molecule has 4 nitrogen and oxygen atoms in total. The van der Waals surface area contributed by atoms with E-state index in [4.69, 9.17) is 0 Å². The fraction of sp³-hybridized carbons (Fsp3) is 0.370. The summed E-state index contributed by atoms with van der Waals surface area (Å²) in [5, 5.41) is 0. The molecule has 2 atom stereocenters. The third kappa shape index (κ3) is 4.94. The van der Waals surface area contributed by atoms with Gasteiger partial charge >= 0.3 is 0 Å². The molecule has 1 amide bonds. The zero-order chi connectivity index (χ0) is 22.7. The number of nitrogens with zero attached hydrogens (tertiary/aromatic N) is 2. The summed E-state index contributed by atoms with van der Waals surface area (Å²) in [6, 6.07) is 18.7. The summed E-state index contributed by atoms with van der Waals surface area (Å²) in [6.45, 7) is 9.71. The molecule has 5 heteroatoms. The Labute approximate surface area is 190 Å². The molecule has 1 N–H and O–H groups in total. The van der Waals surface area contributed by atoms with Gasteiger partial charge in [0, 0.05) is 55.6 Å². The molecule has 32 heavy (non-hydrogen) atoms. The number of aryl methyl sites for hydroxylation is 1. The molecule has 0 unspecified atom stereocenters. The standard InChI is InChI=1S/C27H32FN3O/c1-19(2)31(27(32)21-10-12-23(28)13-11-21)16-22-15-30(17-24-8-6-14-29-24)18-26(22)25-9-5-4-7-20(25)3/h4-14,19,22,26,29H,15-18H2,1-3H3/t22-,26+/m0/s1. The average Bonchev–Trinajstić information content (AvgIpc) is 3.42. The summed E-state index contributed by atoms with van der Waals surface area (Å²) in [4.78, 5) is 21.1. The van der Waals surface area contributed by atoms with Crippen molar-refractivity contribution in [1.82, 2.24) is 14.8 Å². The molecule has 1 aromatic heterocycles. The van der Waals surface area contributed by atoms with Gasteiger partial charge in [-0.25, -0.2) is 4.39 Å². The minimum Gasteiger partial charge on any atom is -0.364 e. The SMILES string of the molecule is Cc1ccccc1[C@@H]1CN(Cc2ccc[nH]2)C[C@H]1CN(C(=O)c1ccc(F)cc1)C(C)C. The maximum absolute atomic E-state index is 13.4. The summed E-state index contributed by atoms with van der Waals surface area (Å²) in [7, 11) is 0. The predicted octanol–water partition coefficient (Wildman–Crippen LogP) is 5.23. The Morgan fingerprint density at radius 2 is 1.84 bits per heavy atom. The van der Waals surface area contributed by atoms with Crippen molar-refractivity contribution in [1.29, 1.82) is 0 Å². The third-order valence-electron chi connectivity index (χ3n) is 6.57. The van der Waals surface area contributed by atoms with Crippen molar-refractivity contribution in [2.75, 3.05) is 19.6 Å². The van der Waals surface area contributed by atoms with Gasteiger partial charge in [-0.3, -0.25) is 9.69 Å². The Morgan fingerprint density at radius 1 is 1.09 bits per heavy atom. The molecule has 1 aliphatic heterocycles. The van der Waals surface area contributed by atoms with Crippen LogP contribution in [0.1, 0.15) is 46.9 Å². The number of amides is 1. The fourth-order valence-corrected chi connectivity index (χ4v) is 4.88. The van der Waals surface area contributed by atoms with E-state index in [-0.39, 0.29) is 17.8 Å². The van der Waals surface area contributed by atoms with Crippen LogP contribution in [0.2, 0.25) is 0 Å². The van der Waals surface area contributed by atoms with E-state index in [0.717, 1.165) is 19.6 Å². The van der Waals surface area contributed by atoms with Gasteiger partial charge < -0.3 is 9.88 Å². The lowest BCUT2D eigenvalue weighted by Crippen LogP contribution is -2.42. The molecular weight excluding hydrogens is 401 g/mol. The van der Waals surface area contributed by atoms with Crippen molar-refractivity contribution in [3.63, 3.8) is 0 Å². The Hall–Kier alpha value is -2.92. The van der Waals surface area contributed by atoms with E-state index in [1.54, 1.807) is 12.1 Å². The Kier molecular flexibility index (Phi) is 6.75. The molecule has 2 heterocycles. The van der Waals surface area contributed by atoms with Crippen molar-refractivity contribution in [2.45, 2.75) is 39.3 Å². The number of nitrogens with one attached hydrogen (secondary N) is 1. The Bertz CT molecular complexity index is 1030. The first-order valence-corrected chi connectivity index (χ1v) is 11.4. The molecule has 0 spiro atoms. The number of aromatic amines is 1. The van der Waals surface area contributed by atoms with Crippen LogP contribution in [0.15, 0.2) is 66.9 Å². The monoisotopic (exact) mass is 433 g/mol. The van der Waals surface area contributed by atoms with Gasteiger partial charge in [-0.15, -0.1) is 0 Å². The molecule has 3 aromatic rings. The normalized spacial score (nSPS) is 18.9. The summed E-state index contributed by atoms with van der Waals surface area (Å²) < 4.78 is 13.4. The minimum atomic E-state index is -0.326. The molecule has 1 saturated heterocycles. The van der Waals surface area contributed by atoms with Crippen LogP contribution < -0.4 is 0 Å². The number of likely N-dealkylation sites (tertiary alicyclic amines) is 1. The van der Waals surface area contributed by atoms with E-state index >= 15 is 0 Å². The zero-order valence-corrected chi connectivity index (χ0v) is 19.1. The molecule has 168 valence electrons. The van der Waals surface area contributed by atoms with Crippen LogP contribution in [0.25, 0.3) is 0 Å². The highest BCUT2D eigenvalue weighted by atomic mass is 19.1. The van der Waals surface area contributed by atoms with Crippen LogP contribution in [-0.4, -0.2) is 46.4 Å². The topological polar surface area (TPSA) is 39.3 Å². The minimum absolute atomic E-state index is 0.0358. The first-order valence-electron chi connectivity index (χ1n) is 11.4. The van der Waals surface area contributed by atoms with E-state index in [9.17, 15) is 9.18 Å². The molecule has 4 rings (SSSR count). The molecule has 1 fully saturated rings. The summed E-state index contributed by atoms with van der Waals surface area (Å²) in [6.07, 6.45) is 1.96. The van der Waals surface area contributed by atoms with Gasteiger partial charge in [-0.2, -0.15) is 0 Å². The fourth-order valence-electron chi connectivity index (χ4n) is 4.88. The Morgan fingerprint density at radius 3 is 2.50 bits per heavy atom. The van der Waals surface area contributed by atoms with Gasteiger partial charge in [-0.1, -0.05) is 24.3 Å². The first-order chi connectivity index (χ1) is 15.4. The van der Waals surface area contributed by atoms with Gasteiger partial charge in [0.05, 0.1) is 0 Å². The molecule has 0 radical (unpaired) electrons. The molecule has 2 aromatic carbocycles. The maximum Gasteiger partial charge on any atom is 0.254 e. The summed E-state index contributed by atoms with van der Waals surface area (Å²) in [5.74, 6) is 0.311. The largest absolute Gasteiger partial charge is 0.364 e. The highest BCUT2D eigenvalue weighted by Crippen LogP contribution is 2.36. The maximum atomic E-state index is 13.4. The van der Waals surface area contributed by atoms with Crippen molar-refractivity contribution in [3.05, 3.63) is 95.1 Å². The number of carbonyl (C=O) groups excluding carboxylic acids is 1. The lowest BCUT2D eigenvalue weighted by molar-refractivity contribution is 0.0668. The van der Waals surface area contributed by atoms with Crippen LogP contribution in [0.4, 0.5) is 4.39 Å². The second-order valence-electron chi connectivity index (χ2n) is 9.17. The van der Waals surface area contributed by atoms with Crippen LogP contribution in [-0.2, 0) is 6.54 Å². The summed E-state index contributed by atoms with van der Waals surface area (Å²) in [5.41, 5.74) is 4.40. The number of halogens is 1. The highest BCUT2D eigenvalue weighted by molar-refractivity contribution is 5.94. The number of hydrogen-bond donors (Lipinski definition) is 1. The predicted molar refractivity (Wildman–Crippen MR) is 126 cm³/mol. The third-order valence-corrected chi connectivity index (χ3v) is 6.57. The molecular formula is C27H32FN3O. The lowest BCUT2D eigenvalue weighted by atomic mass is 9.86. The highest BCUT2D eigenvalue weighted by Gasteiger charge is 2.37. The van der Waals surface area contributed by atoms with Gasteiger partial charge in [0.25, 0.3) is 5.91 Å². The molecule has 0 bridgehead atoms. The van der Waals surface area contributed by atoms with E-state index in [1.807, 2.05) is 17.2 Å². The van der Waals surface area contributed by atoms with Gasteiger partial charge in [-0.05, 0) is 74.2 Å². The van der Waals surface area contributed by atoms with Crippen molar-refractivity contribution < 1.29 is 9.18 Å². The molecule has 0 aliphatic carbocycles. The van der Waals surface area contributed by atoms with Gasteiger partial charge in [0.15, 0.2) is 0 Å².